The van der Waals surface area contributed by atoms with Gasteiger partial charge in [-0.15, -0.1) is 0 Å². The van der Waals surface area contributed by atoms with Gasteiger partial charge in [0.25, 0.3) is 0 Å². The molecule has 1 aliphatic rings. The first-order valence-corrected chi connectivity index (χ1v) is 13.3. The van der Waals surface area contributed by atoms with Gasteiger partial charge in [-0.2, -0.15) is 0 Å². The predicted molar refractivity (Wildman–Crippen MR) is 155 cm³/mol. The quantitative estimate of drug-likeness (QED) is 0.166. The lowest BCUT2D eigenvalue weighted by Crippen LogP contribution is -2.37. The van der Waals surface area contributed by atoms with Crippen molar-refractivity contribution < 1.29 is 24.1 Å². The zero-order valence-electron chi connectivity index (χ0n) is 21.9. The number of H-pyrrole nitrogens is 1. The average Bonchev–Trinajstić information content (AvgIpc) is 3.32. The van der Waals surface area contributed by atoms with E-state index in [2.05, 4.69) is 27.0 Å². The van der Waals surface area contributed by atoms with Gasteiger partial charge in [0.05, 0.1) is 37.2 Å². The highest BCUT2D eigenvalue weighted by Gasteiger charge is 2.22. The highest BCUT2D eigenvalue weighted by Crippen LogP contribution is 2.39. The van der Waals surface area contributed by atoms with Crippen molar-refractivity contribution in [2.24, 2.45) is 0 Å². The smallest absolute Gasteiger partial charge is 0.493 e. The van der Waals surface area contributed by atoms with Gasteiger partial charge in [0, 0.05) is 40.6 Å². The van der Waals surface area contributed by atoms with Gasteiger partial charge in [0.15, 0.2) is 0 Å². The maximum absolute atomic E-state index is 11.6. The van der Waals surface area contributed by atoms with Crippen molar-refractivity contribution >= 4 is 39.3 Å². The van der Waals surface area contributed by atoms with Gasteiger partial charge in [-0.1, -0.05) is 54.6 Å². The number of nitrogens with one attached hydrogen (secondary N) is 1. The van der Waals surface area contributed by atoms with Gasteiger partial charge in [0.2, 0.25) is 5.88 Å². The van der Waals surface area contributed by atoms with Crippen LogP contribution in [0.15, 0.2) is 72.9 Å². The van der Waals surface area contributed by atoms with Gasteiger partial charge in [-0.05, 0) is 30.4 Å². The molecule has 0 saturated carbocycles. The number of ether oxygens (including phenoxy) is 3. The number of hydrogen-bond donors (Lipinski definition) is 3. The maximum Gasteiger partial charge on any atom is 0.512 e. The van der Waals surface area contributed by atoms with Gasteiger partial charge in [-0.25, -0.2) is 9.78 Å². The fourth-order valence-electron chi connectivity index (χ4n) is 5.35. The minimum absolute atomic E-state index is 0.213. The van der Waals surface area contributed by atoms with Crippen LogP contribution in [0.4, 0.5) is 16.3 Å². The number of fused-ring (bicyclic) bond motifs is 2. The molecule has 1 aliphatic heterocycles. The van der Waals surface area contributed by atoms with E-state index in [1.165, 1.54) is 0 Å². The number of aromatic amines is 1. The van der Waals surface area contributed by atoms with Gasteiger partial charge in [-0.3, -0.25) is 0 Å². The summed E-state index contributed by atoms with van der Waals surface area (Å²) >= 11 is 0. The van der Waals surface area contributed by atoms with Crippen LogP contribution < -0.4 is 20.1 Å². The van der Waals surface area contributed by atoms with E-state index >= 15 is 0 Å². The number of anilines is 2. The molecule has 9 heteroatoms. The highest BCUT2D eigenvalue weighted by atomic mass is 16.7. The molecule has 0 atom stereocenters. The van der Waals surface area contributed by atoms with Crippen LogP contribution >= 0.6 is 0 Å². The van der Waals surface area contributed by atoms with Crippen molar-refractivity contribution in [2.75, 3.05) is 43.5 Å². The summed E-state index contributed by atoms with van der Waals surface area (Å²) in [7, 11) is 0. The number of nitrogens with zero attached hydrogens (tertiary/aromatic N) is 2. The molecule has 3 aromatic carbocycles. The standard InChI is InChI=1S/C31H30N4O5/c32-21-18-26(29(33-19-21)35-13-16-38-17-14-35)24-10-4-9-23-25(30(34-28(23)24)40-31(36)37)11-5-15-39-27-12-3-7-20-6-1-2-8-22(20)27/h1-4,6-10,12,18-19,34H,5,11,13-17,32H2,(H,36,37). The Kier molecular flexibility index (Phi) is 7.11. The number of rotatable bonds is 8. The number of benzene rings is 3. The maximum atomic E-state index is 11.6. The van der Waals surface area contributed by atoms with Crippen LogP contribution in [0.25, 0.3) is 32.8 Å². The third kappa shape index (κ3) is 5.11. The minimum Gasteiger partial charge on any atom is -0.493 e. The number of nitrogens with two attached hydrogens (primary N) is 1. The van der Waals surface area contributed by atoms with Crippen LogP contribution in [0, 0.1) is 0 Å². The summed E-state index contributed by atoms with van der Waals surface area (Å²) in [6, 6.07) is 21.9. The molecule has 1 saturated heterocycles. The Morgan fingerprint density at radius 3 is 2.65 bits per heavy atom. The summed E-state index contributed by atoms with van der Waals surface area (Å²) in [5.74, 6) is 1.85. The predicted octanol–water partition coefficient (Wildman–Crippen LogP) is 5.87. The van der Waals surface area contributed by atoms with Crippen LogP contribution in [0.2, 0.25) is 0 Å². The van der Waals surface area contributed by atoms with E-state index in [0.717, 1.165) is 63.0 Å². The Labute approximate surface area is 231 Å². The number of hydrogen-bond acceptors (Lipinski definition) is 7. The molecule has 0 radical (unpaired) electrons. The third-order valence-corrected chi connectivity index (χ3v) is 7.16. The van der Waals surface area contributed by atoms with Crippen LogP contribution in [0.1, 0.15) is 12.0 Å². The number of para-hydroxylation sites is 1. The summed E-state index contributed by atoms with van der Waals surface area (Å²) < 4.78 is 16.9. The molecule has 0 amide bonds. The van der Waals surface area contributed by atoms with Crippen molar-refractivity contribution in [1.29, 1.82) is 0 Å². The second-order valence-corrected chi connectivity index (χ2v) is 9.70. The Morgan fingerprint density at radius 2 is 1.80 bits per heavy atom. The second-order valence-electron chi connectivity index (χ2n) is 9.70. The van der Waals surface area contributed by atoms with E-state index in [1.807, 2.05) is 54.6 Å². The first kappa shape index (κ1) is 25.5. The lowest BCUT2D eigenvalue weighted by Gasteiger charge is -2.29. The topological polar surface area (TPSA) is 123 Å². The number of carbonyl (C=O) groups is 1. The normalized spacial score (nSPS) is 13.6. The van der Waals surface area contributed by atoms with Crippen molar-refractivity contribution in [3.63, 3.8) is 0 Å². The van der Waals surface area contributed by atoms with Crippen LogP contribution in [-0.4, -0.2) is 54.1 Å². The molecular formula is C31H30N4O5. The Balaban J connectivity index is 1.31. The second kappa shape index (κ2) is 11.2. The first-order chi connectivity index (χ1) is 19.6. The number of aryl methyl sites for hydroxylation is 1. The van der Waals surface area contributed by atoms with Crippen molar-refractivity contribution in [3.05, 3.63) is 78.5 Å². The minimum atomic E-state index is -1.37. The monoisotopic (exact) mass is 538 g/mol. The summed E-state index contributed by atoms with van der Waals surface area (Å²) in [6.07, 6.45) is 1.50. The Morgan fingerprint density at radius 1 is 1.02 bits per heavy atom. The summed E-state index contributed by atoms with van der Waals surface area (Å²) in [6.45, 7) is 3.16. The summed E-state index contributed by atoms with van der Waals surface area (Å²) in [5.41, 5.74) is 10.00. The van der Waals surface area contributed by atoms with Crippen molar-refractivity contribution in [2.45, 2.75) is 12.8 Å². The third-order valence-electron chi connectivity index (χ3n) is 7.16. The van der Waals surface area contributed by atoms with E-state index < -0.39 is 6.16 Å². The molecule has 0 bridgehead atoms. The van der Waals surface area contributed by atoms with E-state index in [-0.39, 0.29) is 5.88 Å². The van der Waals surface area contributed by atoms with E-state index in [9.17, 15) is 9.90 Å². The zero-order chi connectivity index (χ0) is 27.5. The fourth-order valence-corrected chi connectivity index (χ4v) is 5.35. The molecule has 6 rings (SSSR count). The molecular weight excluding hydrogens is 508 g/mol. The lowest BCUT2D eigenvalue weighted by atomic mass is 10.00. The number of pyridine rings is 1. The van der Waals surface area contributed by atoms with Gasteiger partial charge in [0.1, 0.15) is 11.6 Å². The molecule has 1 fully saturated rings. The van der Waals surface area contributed by atoms with E-state index in [1.54, 1.807) is 6.20 Å². The van der Waals surface area contributed by atoms with Gasteiger partial charge < -0.3 is 34.9 Å². The number of carboxylic acid groups (broad SMARTS) is 1. The number of nitrogen functional groups attached to an aromatic ring is 1. The largest absolute Gasteiger partial charge is 0.512 e. The summed E-state index contributed by atoms with van der Waals surface area (Å²) in [4.78, 5) is 21.7. The molecule has 204 valence electrons. The molecule has 0 aliphatic carbocycles. The molecule has 9 nitrogen and oxygen atoms in total. The lowest BCUT2D eigenvalue weighted by molar-refractivity contribution is 0.122. The van der Waals surface area contributed by atoms with Crippen molar-refractivity contribution in [1.82, 2.24) is 9.97 Å². The number of aromatic nitrogens is 2. The Bertz CT molecular complexity index is 1670. The van der Waals surface area contributed by atoms with Crippen LogP contribution in [0.5, 0.6) is 11.6 Å². The molecule has 3 heterocycles. The summed E-state index contributed by atoms with van der Waals surface area (Å²) in [5, 5.41) is 12.5. The van der Waals surface area contributed by atoms with Crippen LogP contribution in [0.3, 0.4) is 0 Å². The molecule has 0 spiro atoms. The van der Waals surface area contributed by atoms with Gasteiger partial charge >= 0.3 is 6.16 Å². The Hall–Kier alpha value is -4.76. The highest BCUT2D eigenvalue weighted by molar-refractivity contribution is 6.00. The van der Waals surface area contributed by atoms with E-state index in [4.69, 9.17) is 19.9 Å². The van der Waals surface area contributed by atoms with Crippen molar-refractivity contribution in [3.8, 4) is 22.8 Å². The SMILES string of the molecule is Nc1cnc(N2CCOCC2)c(-c2cccc3c(CCCOc4cccc5ccccc45)c(OC(=O)O)[nH]c23)c1. The molecule has 5 aromatic rings. The molecule has 40 heavy (non-hydrogen) atoms. The average molecular weight is 539 g/mol. The molecule has 0 unspecified atom stereocenters. The van der Waals surface area contributed by atoms with E-state index in [0.29, 0.717) is 38.3 Å². The molecule has 4 N–H and O–H groups in total. The fraction of sp³-hybridized carbons (Fsp3) is 0.226. The first-order valence-electron chi connectivity index (χ1n) is 13.3. The molecule has 2 aromatic heterocycles. The van der Waals surface area contributed by atoms with Crippen LogP contribution in [-0.2, 0) is 11.2 Å². The number of morpholine rings is 1. The zero-order valence-corrected chi connectivity index (χ0v) is 21.9.